The summed E-state index contributed by atoms with van der Waals surface area (Å²) in [4.78, 5) is 11.4. The van der Waals surface area contributed by atoms with Crippen LogP contribution in [0.3, 0.4) is 0 Å². The Morgan fingerprint density at radius 3 is 2.45 bits per heavy atom. The average molecular weight is 281 g/mol. The van der Waals surface area contributed by atoms with Crippen LogP contribution >= 0.6 is 0 Å². The predicted molar refractivity (Wildman–Crippen MR) is 80.0 cm³/mol. The van der Waals surface area contributed by atoms with Crippen LogP contribution in [0.1, 0.15) is 50.1 Å². The number of hydrogen-bond donors (Lipinski definition) is 2. The van der Waals surface area contributed by atoms with Crippen LogP contribution < -0.4 is 5.32 Å². The molecule has 0 spiro atoms. The third kappa shape index (κ3) is 3.20. The minimum Gasteiger partial charge on any atom is -0.480 e. The van der Waals surface area contributed by atoms with Gasteiger partial charge < -0.3 is 10.4 Å². The van der Waals surface area contributed by atoms with Gasteiger partial charge in [-0.1, -0.05) is 13.8 Å². The molecule has 2 N–H and O–H groups in total. The lowest BCUT2D eigenvalue weighted by molar-refractivity contribution is -0.145. The highest BCUT2D eigenvalue weighted by atomic mass is 16.4. The van der Waals surface area contributed by atoms with Crippen LogP contribution in [0.5, 0.6) is 0 Å². The van der Waals surface area contributed by atoms with Gasteiger partial charge in [0.25, 0.3) is 0 Å². The van der Waals surface area contributed by atoms with Crippen molar-refractivity contribution in [1.29, 1.82) is 0 Å². The van der Waals surface area contributed by atoms with Gasteiger partial charge in [0, 0.05) is 12.2 Å². The van der Waals surface area contributed by atoms with E-state index in [0.717, 1.165) is 25.1 Å². The highest BCUT2D eigenvalue weighted by Crippen LogP contribution is 2.19. The minimum absolute atomic E-state index is 0.580. The van der Waals surface area contributed by atoms with Crippen molar-refractivity contribution in [3.8, 4) is 0 Å². The first-order valence-electron chi connectivity index (χ1n) is 7.37. The van der Waals surface area contributed by atoms with Gasteiger partial charge in [-0.3, -0.25) is 9.48 Å². The molecule has 0 radical (unpaired) electrons. The zero-order valence-electron chi connectivity index (χ0n) is 13.3. The Labute approximate surface area is 121 Å². The van der Waals surface area contributed by atoms with Crippen LogP contribution in [0, 0.1) is 13.8 Å². The number of likely N-dealkylation sites (N-methyl/N-ethyl adjacent to an activating group) is 1. The van der Waals surface area contributed by atoms with Crippen molar-refractivity contribution in [2.75, 3.05) is 7.05 Å². The van der Waals surface area contributed by atoms with Gasteiger partial charge in [-0.2, -0.15) is 5.10 Å². The predicted octanol–water partition coefficient (Wildman–Crippen LogP) is 2.30. The Balaban J connectivity index is 2.71. The number of aryl methyl sites for hydroxylation is 2. The van der Waals surface area contributed by atoms with Gasteiger partial charge in [0.15, 0.2) is 0 Å². The van der Waals surface area contributed by atoms with Gasteiger partial charge in [-0.25, -0.2) is 0 Å². The van der Waals surface area contributed by atoms with Crippen LogP contribution in [0.15, 0.2) is 0 Å². The number of aromatic nitrogens is 2. The minimum atomic E-state index is -0.816. The molecule has 0 saturated heterocycles. The van der Waals surface area contributed by atoms with E-state index in [1.54, 1.807) is 7.05 Å². The molecule has 0 aliphatic heterocycles. The first-order chi connectivity index (χ1) is 9.41. The van der Waals surface area contributed by atoms with E-state index in [1.165, 1.54) is 11.3 Å². The van der Waals surface area contributed by atoms with Crippen molar-refractivity contribution >= 4 is 5.97 Å². The molecule has 5 nitrogen and oxygen atoms in total. The second kappa shape index (κ2) is 6.88. The highest BCUT2D eigenvalue weighted by molar-refractivity contribution is 5.78. The first-order valence-corrected chi connectivity index (χ1v) is 7.37. The summed E-state index contributed by atoms with van der Waals surface area (Å²) in [5.41, 5.74) is 2.77. The molecule has 1 heterocycles. The molecule has 1 aromatic rings. The van der Waals surface area contributed by atoms with E-state index >= 15 is 0 Å². The fourth-order valence-electron chi connectivity index (χ4n) is 2.84. The fourth-order valence-corrected chi connectivity index (χ4v) is 2.84. The lowest BCUT2D eigenvalue weighted by atomic mass is 9.90. The monoisotopic (exact) mass is 281 g/mol. The van der Waals surface area contributed by atoms with E-state index in [4.69, 9.17) is 0 Å². The van der Waals surface area contributed by atoms with Crippen LogP contribution in [-0.2, 0) is 17.8 Å². The normalized spacial score (nSPS) is 14.2. The fraction of sp³-hybridized carbons (Fsp3) is 0.733. The Morgan fingerprint density at radius 1 is 1.40 bits per heavy atom. The van der Waals surface area contributed by atoms with E-state index < -0.39 is 11.5 Å². The van der Waals surface area contributed by atoms with Gasteiger partial charge in [0.2, 0.25) is 0 Å². The van der Waals surface area contributed by atoms with Crippen LogP contribution in [0.25, 0.3) is 0 Å². The SMILES string of the molecule is CCc1c(C)nn(CCCC(CC)(NC)C(=O)O)c1C. The molecular formula is C15H27N3O2. The molecule has 0 amide bonds. The van der Waals surface area contributed by atoms with Crippen molar-refractivity contribution in [2.45, 2.75) is 65.5 Å². The molecule has 1 aromatic heterocycles. The van der Waals surface area contributed by atoms with Crippen LogP contribution in [0.2, 0.25) is 0 Å². The summed E-state index contributed by atoms with van der Waals surface area (Å²) in [6, 6.07) is 0. The highest BCUT2D eigenvalue weighted by Gasteiger charge is 2.34. The van der Waals surface area contributed by atoms with E-state index in [2.05, 4.69) is 24.3 Å². The second-order valence-corrected chi connectivity index (χ2v) is 5.32. The van der Waals surface area contributed by atoms with Crippen molar-refractivity contribution in [3.63, 3.8) is 0 Å². The molecule has 0 fully saturated rings. The Bertz CT molecular complexity index is 462. The summed E-state index contributed by atoms with van der Waals surface area (Å²) >= 11 is 0. The van der Waals surface area contributed by atoms with Gasteiger partial charge in [0.05, 0.1) is 5.69 Å². The lowest BCUT2D eigenvalue weighted by Gasteiger charge is -2.27. The quantitative estimate of drug-likeness (QED) is 0.767. The zero-order valence-corrected chi connectivity index (χ0v) is 13.3. The van der Waals surface area contributed by atoms with Crippen LogP contribution in [-0.4, -0.2) is 33.4 Å². The number of rotatable bonds is 8. The number of nitrogens with zero attached hydrogens (tertiary/aromatic N) is 2. The molecule has 0 aromatic carbocycles. The molecule has 5 heteroatoms. The molecule has 1 atom stereocenters. The summed E-state index contributed by atoms with van der Waals surface area (Å²) in [5, 5.41) is 16.9. The lowest BCUT2D eigenvalue weighted by Crippen LogP contribution is -2.49. The molecule has 20 heavy (non-hydrogen) atoms. The van der Waals surface area contributed by atoms with Gasteiger partial charge in [0.1, 0.15) is 5.54 Å². The number of carboxylic acid groups (broad SMARTS) is 1. The smallest absolute Gasteiger partial charge is 0.323 e. The first kappa shape index (κ1) is 16.7. The summed E-state index contributed by atoms with van der Waals surface area (Å²) in [7, 11) is 1.72. The van der Waals surface area contributed by atoms with Gasteiger partial charge in [-0.05, 0) is 52.1 Å². The molecule has 0 aliphatic carbocycles. The Morgan fingerprint density at radius 2 is 2.05 bits per heavy atom. The molecule has 1 rings (SSSR count). The number of aliphatic carboxylic acids is 1. The van der Waals surface area contributed by atoms with Gasteiger partial charge in [-0.15, -0.1) is 0 Å². The number of carbonyl (C=O) groups is 1. The van der Waals surface area contributed by atoms with E-state index in [1.807, 2.05) is 18.5 Å². The number of nitrogens with one attached hydrogen (secondary N) is 1. The topological polar surface area (TPSA) is 67.2 Å². The summed E-state index contributed by atoms with van der Waals surface area (Å²) < 4.78 is 2.01. The van der Waals surface area contributed by atoms with Crippen molar-refractivity contribution in [2.24, 2.45) is 0 Å². The Kier molecular flexibility index (Phi) is 5.74. The molecule has 0 aliphatic rings. The summed E-state index contributed by atoms with van der Waals surface area (Å²) in [6.45, 7) is 8.92. The molecular weight excluding hydrogens is 254 g/mol. The summed E-state index contributed by atoms with van der Waals surface area (Å²) in [6.07, 6.45) is 2.97. The standard InChI is InChI=1S/C15H27N3O2/c1-6-13-11(3)17-18(12(13)4)10-8-9-15(7-2,16-5)14(19)20/h16H,6-10H2,1-5H3,(H,19,20). The maximum atomic E-state index is 11.4. The van der Waals surface area contributed by atoms with Crippen molar-refractivity contribution in [3.05, 3.63) is 17.0 Å². The van der Waals surface area contributed by atoms with Crippen molar-refractivity contribution in [1.82, 2.24) is 15.1 Å². The van der Waals surface area contributed by atoms with E-state index in [0.29, 0.717) is 12.8 Å². The average Bonchev–Trinajstić information content (AvgIpc) is 2.69. The van der Waals surface area contributed by atoms with Gasteiger partial charge >= 0.3 is 5.97 Å². The van der Waals surface area contributed by atoms with Crippen LogP contribution in [0.4, 0.5) is 0 Å². The Hall–Kier alpha value is -1.36. The number of carboxylic acids is 1. The third-order valence-electron chi connectivity index (χ3n) is 4.35. The molecule has 114 valence electrons. The summed E-state index contributed by atoms with van der Waals surface area (Å²) in [5.74, 6) is -0.773. The zero-order chi connectivity index (χ0) is 15.3. The molecule has 0 saturated carbocycles. The molecule has 1 unspecified atom stereocenters. The second-order valence-electron chi connectivity index (χ2n) is 5.32. The van der Waals surface area contributed by atoms with Crippen molar-refractivity contribution < 1.29 is 9.90 Å². The van der Waals surface area contributed by atoms with E-state index in [9.17, 15) is 9.90 Å². The maximum Gasteiger partial charge on any atom is 0.323 e. The largest absolute Gasteiger partial charge is 0.480 e. The third-order valence-corrected chi connectivity index (χ3v) is 4.35. The molecule has 0 bridgehead atoms. The van der Waals surface area contributed by atoms with E-state index in [-0.39, 0.29) is 0 Å². The number of hydrogen-bond acceptors (Lipinski definition) is 3. The maximum absolute atomic E-state index is 11.4.